The number of anilines is 1. The molecule has 7 nitrogen and oxygen atoms in total. The van der Waals surface area contributed by atoms with E-state index < -0.39 is 33.2 Å². The van der Waals surface area contributed by atoms with Gasteiger partial charge in [0.15, 0.2) is 0 Å². The van der Waals surface area contributed by atoms with E-state index in [4.69, 9.17) is 0 Å². The number of hydrogen-bond acceptors (Lipinski definition) is 6. The van der Waals surface area contributed by atoms with Crippen molar-refractivity contribution in [3.63, 3.8) is 0 Å². The lowest BCUT2D eigenvalue weighted by Crippen LogP contribution is -2.30. The Balaban J connectivity index is 1.41. The summed E-state index contributed by atoms with van der Waals surface area (Å²) in [6.45, 7) is 2.17. The van der Waals surface area contributed by atoms with E-state index in [0.717, 1.165) is 51.4 Å². The first kappa shape index (κ1) is 32.0. The van der Waals surface area contributed by atoms with Crippen LogP contribution in [0.25, 0.3) is 11.0 Å². The molecule has 1 atom stereocenters. The van der Waals surface area contributed by atoms with Gasteiger partial charge in [-0.25, -0.2) is 31.6 Å². The summed E-state index contributed by atoms with van der Waals surface area (Å²) in [6, 6.07) is 5.21. The van der Waals surface area contributed by atoms with Crippen molar-refractivity contribution < 1.29 is 21.6 Å². The first-order chi connectivity index (χ1) is 21.5. The Hall–Kier alpha value is -2.95. The molecule has 0 spiro atoms. The van der Waals surface area contributed by atoms with Crippen LogP contribution in [0.4, 0.5) is 19.0 Å². The summed E-state index contributed by atoms with van der Waals surface area (Å²) in [7, 11) is -3.13. The lowest BCUT2D eigenvalue weighted by molar-refractivity contribution is -0.0244. The normalized spacial score (nSPS) is 26.3. The topological polar surface area (TPSA) is 94.0 Å². The van der Waals surface area contributed by atoms with Crippen LogP contribution in [0.2, 0.25) is 0 Å². The van der Waals surface area contributed by atoms with E-state index in [9.17, 15) is 13.2 Å². The number of alkyl halides is 2. The van der Waals surface area contributed by atoms with E-state index in [0.29, 0.717) is 54.1 Å². The summed E-state index contributed by atoms with van der Waals surface area (Å²) in [6.07, 6.45) is 9.90. The molecule has 2 fully saturated rings. The number of pyridine rings is 1. The molecule has 7 rings (SSSR count). The number of fused-ring (bicyclic) bond motifs is 9. The van der Waals surface area contributed by atoms with Crippen molar-refractivity contribution in [3.8, 4) is 0 Å². The van der Waals surface area contributed by atoms with Crippen molar-refractivity contribution in [1.29, 1.82) is 0 Å². The molecule has 0 amide bonds. The zero-order valence-corrected chi connectivity index (χ0v) is 26.7. The van der Waals surface area contributed by atoms with Crippen LogP contribution in [-0.4, -0.2) is 34.5 Å². The highest BCUT2D eigenvalue weighted by atomic mass is 32.2. The second-order valence-electron chi connectivity index (χ2n) is 13.5. The second kappa shape index (κ2) is 13.0. The molecule has 1 aromatic carbocycles. The zero-order valence-electron chi connectivity index (χ0n) is 25.9. The summed E-state index contributed by atoms with van der Waals surface area (Å²) in [5.74, 6) is -3.17. The maximum atomic E-state index is 15.8. The third-order valence-electron chi connectivity index (χ3n) is 10.5. The van der Waals surface area contributed by atoms with Crippen molar-refractivity contribution >= 4 is 26.7 Å². The SMILES string of the molecule is C[C@@H]1Nc2ncnc3c2cc(C2CCS(=O)(=O)CC2)c(=O)n3CCCCCC2CCC(CC2)CCC(F)(F)c2cccc1c2F. The van der Waals surface area contributed by atoms with Gasteiger partial charge in [0.1, 0.15) is 33.4 Å². The highest BCUT2D eigenvalue weighted by molar-refractivity contribution is 7.91. The fourth-order valence-electron chi connectivity index (χ4n) is 7.68. The summed E-state index contributed by atoms with van der Waals surface area (Å²) >= 11 is 0. The van der Waals surface area contributed by atoms with E-state index in [1.165, 1.54) is 24.5 Å². The molecule has 1 saturated carbocycles. The first-order valence-corrected chi connectivity index (χ1v) is 18.4. The number of hydrogen-bond donors (Lipinski definition) is 1. The van der Waals surface area contributed by atoms with E-state index in [-0.39, 0.29) is 40.9 Å². The lowest BCUT2D eigenvalue weighted by Gasteiger charge is -2.30. The lowest BCUT2D eigenvalue weighted by atomic mass is 9.77. The van der Waals surface area contributed by atoms with Crippen molar-refractivity contribution in [3.05, 3.63) is 63.5 Å². The van der Waals surface area contributed by atoms with Gasteiger partial charge in [-0.15, -0.1) is 0 Å². The van der Waals surface area contributed by atoms with Crippen LogP contribution in [0.3, 0.4) is 0 Å². The number of sulfone groups is 1. The number of aromatic nitrogens is 3. The molecule has 8 bridgehead atoms. The Morgan fingerprint density at radius 1 is 0.911 bits per heavy atom. The number of rotatable bonds is 1. The third kappa shape index (κ3) is 6.93. The fraction of sp³-hybridized carbons (Fsp3) is 0.618. The molecule has 3 aromatic rings. The average Bonchev–Trinajstić information content (AvgIpc) is 3.01. The van der Waals surface area contributed by atoms with Gasteiger partial charge in [-0.3, -0.25) is 9.36 Å². The largest absolute Gasteiger partial charge is 0.363 e. The Morgan fingerprint density at radius 3 is 2.36 bits per heavy atom. The molecule has 45 heavy (non-hydrogen) atoms. The molecule has 2 aromatic heterocycles. The van der Waals surface area contributed by atoms with Crippen molar-refractivity contribution in [2.24, 2.45) is 11.8 Å². The number of nitrogens with zero attached hydrogens (tertiary/aromatic N) is 3. The summed E-state index contributed by atoms with van der Waals surface area (Å²) < 4.78 is 72.9. The minimum atomic E-state index is -3.28. The predicted molar refractivity (Wildman–Crippen MR) is 170 cm³/mol. The molecule has 244 valence electrons. The highest BCUT2D eigenvalue weighted by Gasteiger charge is 2.37. The van der Waals surface area contributed by atoms with Gasteiger partial charge in [0.2, 0.25) is 0 Å². The van der Waals surface area contributed by atoms with Crippen molar-refractivity contribution in [1.82, 2.24) is 14.5 Å². The molecule has 0 radical (unpaired) electrons. The second-order valence-corrected chi connectivity index (χ2v) is 15.8. The molecular weight excluding hydrogens is 601 g/mol. The summed E-state index contributed by atoms with van der Waals surface area (Å²) in [5.41, 5.74) is 0.343. The molecule has 4 aliphatic rings. The molecule has 1 N–H and O–H groups in total. The Bertz CT molecular complexity index is 1690. The van der Waals surface area contributed by atoms with Crippen LogP contribution in [0.1, 0.15) is 113 Å². The van der Waals surface area contributed by atoms with Crippen LogP contribution in [0, 0.1) is 17.7 Å². The maximum Gasteiger partial charge on any atom is 0.276 e. The quantitative estimate of drug-likeness (QED) is 0.293. The van der Waals surface area contributed by atoms with Gasteiger partial charge in [-0.05, 0) is 56.4 Å². The molecule has 5 heterocycles. The van der Waals surface area contributed by atoms with Crippen LogP contribution < -0.4 is 10.9 Å². The molecule has 1 aliphatic carbocycles. The Kier molecular flexibility index (Phi) is 9.28. The smallest absolute Gasteiger partial charge is 0.276 e. The highest BCUT2D eigenvalue weighted by Crippen LogP contribution is 2.41. The fourth-order valence-corrected chi connectivity index (χ4v) is 9.17. The van der Waals surface area contributed by atoms with Crippen LogP contribution in [0.15, 0.2) is 35.4 Å². The third-order valence-corrected chi connectivity index (χ3v) is 12.2. The Labute approximate surface area is 263 Å². The molecular formula is C34H43F3N4O3S. The van der Waals surface area contributed by atoms with Gasteiger partial charge in [0, 0.05) is 24.1 Å². The average molecular weight is 645 g/mol. The Morgan fingerprint density at radius 2 is 1.62 bits per heavy atom. The van der Waals surface area contributed by atoms with E-state index in [2.05, 4.69) is 15.3 Å². The van der Waals surface area contributed by atoms with Crippen LogP contribution in [-0.2, 0) is 22.3 Å². The van der Waals surface area contributed by atoms with Gasteiger partial charge in [-0.1, -0.05) is 63.1 Å². The summed E-state index contributed by atoms with van der Waals surface area (Å²) in [5, 5.41) is 3.79. The monoisotopic (exact) mass is 644 g/mol. The van der Waals surface area contributed by atoms with Gasteiger partial charge >= 0.3 is 0 Å². The van der Waals surface area contributed by atoms with Crippen LogP contribution >= 0.6 is 0 Å². The van der Waals surface area contributed by atoms with Crippen LogP contribution in [0.5, 0.6) is 0 Å². The number of halogens is 3. The van der Waals surface area contributed by atoms with E-state index in [1.54, 1.807) is 17.6 Å². The molecule has 3 aliphatic heterocycles. The zero-order chi connectivity index (χ0) is 31.8. The molecule has 0 unspecified atom stereocenters. The number of benzene rings is 1. The van der Waals surface area contributed by atoms with E-state index >= 15 is 13.2 Å². The van der Waals surface area contributed by atoms with Gasteiger partial charge in [0.25, 0.3) is 11.5 Å². The van der Waals surface area contributed by atoms with Gasteiger partial charge in [-0.2, -0.15) is 0 Å². The minimum Gasteiger partial charge on any atom is -0.363 e. The predicted octanol–water partition coefficient (Wildman–Crippen LogP) is 7.65. The van der Waals surface area contributed by atoms with Crippen molar-refractivity contribution in [2.75, 3.05) is 16.8 Å². The molecule has 11 heteroatoms. The number of aryl methyl sites for hydroxylation is 1. The van der Waals surface area contributed by atoms with E-state index in [1.807, 2.05) is 0 Å². The van der Waals surface area contributed by atoms with Gasteiger partial charge in [0.05, 0.1) is 28.5 Å². The summed E-state index contributed by atoms with van der Waals surface area (Å²) in [4.78, 5) is 22.9. The first-order valence-electron chi connectivity index (χ1n) is 16.5. The molecule has 1 saturated heterocycles. The minimum absolute atomic E-state index is 0.0325. The van der Waals surface area contributed by atoms with Crippen molar-refractivity contribution in [2.45, 2.75) is 108 Å². The number of nitrogens with one attached hydrogen (secondary N) is 1. The van der Waals surface area contributed by atoms with Gasteiger partial charge < -0.3 is 5.32 Å². The maximum absolute atomic E-state index is 15.8. The standard InChI is InChI=1S/C34H43F3N4O3S/c1-22-26-7-5-8-29(30(26)35)34(36,37)16-13-24-11-9-23(10-12-24)6-3-2-4-17-41-32-28(31(40-22)38-21-39-32)20-27(33(41)42)25-14-18-45(43,44)19-15-25/h5,7-8,20-25H,2-4,6,9-19H2,1H3,(H,38,39,40)/t22-,23?,24?/m0/s1.